The summed E-state index contributed by atoms with van der Waals surface area (Å²) >= 11 is 0. The standard InChI is InChI=1S/C15H24N6O/c1-4-5-6-7-8-14-18-13(9-12(2)3)19-21(14)15(22)20-11-16-10-17-20/h10-12H,4-9H2,1-3H3. The molecule has 0 aliphatic carbocycles. The van der Waals surface area contributed by atoms with E-state index in [0.717, 1.165) is 25.7 Å². The van der Waals surface area contributed by atoms with Gasteiger partial charge in [-0.05, 0) is 12.3 Å². The van der Waals surface area contributed by atoms with Crippen molar-refractivity contribution >= 4 is 6.03 Å². The zero-order valence-electron chi connectivity index (χ0n) is 13.6. The number of nitrogens with zero attached hydrogens (tertiary/aromatic N) is 6. The topological polar surface area (TPSA) is 78.5 Å². The van der Waals surface area contributed by atoms with E-state index >= 15 is 0 Å². The smallest absolute Gasteiger partial charge is 0.243 e. The van der Waals surface area contributed by atoms with Gasteiger partial charge in [-0.2, -0.15) is 14.5 Å². The Morgan fingerprint density at radius 2 is 2.09 bits per heavy atom. The van der Waals surface area contributed by atoms with Crippen LogP contribution in [0.2, 0.25) is 0 Å². The van der Waals surface area contributed by atoms with E-state index in [4.69, 9.17) is 0 Å². The molecule has 0 spiro atoms. The average molecular weight is 304 g/mol. The normalized spacial score (nSPS) is 11.3. The van der Waals surface area contributed by atoms with Crippen molar-refractivity contribution in [1.82, 2.24) is 29.5 Å². The molecule has 0 aliphatic rings. The molecule has 0 unspecified atom stereocenters. The molecule has 0 radical (unpaired) electrons. The summed E-state index contributed by atoms with van der Waals surface area (Å²) in [6, 6.07) is -0.328. The van der Waals surface area contributed by atoms with Crippen molar-refractivity contribution in [3.63, 3.8) is 0 Å². The summed E-state index contributed by atoms with van der Waals surface area (Å²) in [4.78, 5) is 20.8. The van der Waals surface area contributed by atoms with Gasteiger partial charge in [-0.25, -0.2) is 14.8 Å². The second kappa shape index (κ2) is 7.82. The molecule has 0 atom stereocenters. The van der Waals surface area contributed by atoms with Crippen LogP contribution in [0.15, 0.2) is 12.7 Å². The van der Waals surface area contributed by atoms with Gasteiger partial charge >= 0.3 is 6.03 Å². The molecule has 0 N–H and O–H groups in total. The number of hydrogen-bond acceptors (Lipinski definition) is 5. The average Bonchev–Trinajstić information content (AvgIpc) is 3.12. The number of aryl methyl sites for hydroxylation is 1. The minimum absolute atomic E-state index is 0.328. The van der Waals surface area contributed by atoms with E-state index in [2.05, 4.69) is 40.9 Å². The molecule has 2 aromatic rings. The lowest BCUT2D eigenvalue weighted by atomic mass is 10.1. The summed E-state index contributed by atoms with van der Waals surface area (Å²) in [5.41, 5.74) is 0. The lowest BCUT2D eigenvalue weighted by Crippen LogP contribution is -2.23. The highest BCUT2D eigenvalue weighted by Gasteiger charge is 2.18. The molecule has 7 nitrogen and oxygen atoms in total. The monoisotopic (exact) mass is 304 g/mol. The molecule has 2 rings (SSSR count). The summed E-state index contributed by atoms with van der Waals surface area (Å²) in [6.45, 7) is 6.40. The first-order valence-corrected chi connectivity index (χ1v) is 7.96. The lowest BCUT2D eigenvalue weighted by Gasteiger charge is -2.03. The zero-order chi connectivity index (χ0) is 15.9. The van der Waals surface area contributed by atoms with Crippen LogP contribution in [-0.2, 0) is 12.8 Å². The third kappa shape index (κ3) is 4.22. The highest BCUT2D eigenvalue weighted by atomic mass is 16.2. The van der Waals surface area contributed by atoms with Gasteiger partial charge in [-0.15, -0.1) is 5.10 Å². The Morgan fingerprint density at radius 3 is 2.73 bits per heavy atom. The van der Waals surface area contributed by atoms with Crippen molar-refractivity contribution in [3.8, 4) is 0 Å². The lowest BCUT2D eigenvalue weighted by molar-refractivity contribution is 0.237. The number of unbranched alkanes of at least 4 members (excludes halogenated alkanes) is 3. The van der Waals surface area contributed by atoms with Gasteiger partial charge in [0.05, 0.1) is 0 Å². The Balaban J connectivity index is 2.17. The molecule has 0 amide bonds. The van der Waals surface area contributed by atoms with Crippen LogP contribution in [0.1, 0.15) is 58.1 Å². The van der Waals surface area contributed by atoms with E-state index in [1.54, 1.807) is 0 Å². The maximum atomic E-state index is 12.4. The van der Waals surface area contributed by atoms with E-state index in [0.29, 0.717) is 17.6 Å². The van der Waals surface area contributed by atoms with Gasteiger partial charge in [0.15, 0.2) is 5.82 Å². The number of hydrogen-bond donors (Lipinski definition) is 0. The fourth-order valence-corrected chi connectivity index (χ4v) is 2.27. The summed E-state index contributed by atoms with van der Waals surface area (Å²) in [7, 11) is 0. The molecule has 0 fully saturated rings. The van der Waals surface area contributed by atoms with Crippen LogP contribution in [0.5, 0.6) is 0 Å². The predicted octanol–water partition coefficient (Wildman–Crippen LogP) is 2.71. The number of rotatable bonds is 7. The Kier molecular flexibility index (Phi) is 5.80. The first kappa shape index (κ1) is 16.3. The Labute approximate surface area is 130 Å². The van der Waals surface area contributed by atoms with Crippen molar-refractivity contribution in [2.45, 2.75) is 59.3 Å². The SMILES string of the molecule is CCCCCCc1nc(CC(C)C)nn1C(=O)n1cncn1. The van der Waals surface area contributed by atoms with Crippen LogP contribution in [0.3, 0.4) is 0 Å². The van der Waals surface area contributed by atoms with Crippen LogP contribution in [0, 0.1) is 5.92 Å². The molecule has 0 saturated heterocycles. The van der Waals surface area contributed by atoms with Gasteiger partial charge in [0.25, 0.3) is 0 Å². The Bertz CT molecular complexity index is 587. The van der Waals surface area contributed by atoms with Crippen molar-refractivity contribution in [2.75, 3.05) is 0 Å². The van der Waals surface area contributed by atoms with E-state index in [1.807, 2.05) is 0 Å². The molecule has 0 aliphatic heterocycles. The Morgan fingerprint density at radius 1 is 1.27 bits per heavy atom. The van der Waals surface area contributed by atoms with Crippen molar-refractivity contribution in [3.05, 3.63) is 24.3 Å². The molecule has 120 valence electrons. The Hall–Kier alpha value is -2.05. The predicted molar refractivity (Wildman–Crippen MR) is 82.6 cm³/mol. The highest BCUT2D eigenvalue weighted by Crippen LogP contribution is 2.10. The molecular formula is C15H24N6O. The fraction of sp³-hybridized carbons (Fsp3) is 0.667. The molecule has 2 heterocycles. The second-order valence-electron chi connectivity index (χ2n) is 5.89. The second-order valence-corrected chi connectivity index (χ2v) is 5.89. The molecule has 7 heteroatoms. The molecule has 2 aromatic heterocycles. The largest absolute Gasteiger partial charge is 0.372 e. The van der Waals surface area contributed by atoms with Crippen molar-refractivity contribution in [2.24, 2.45) is 5.92 Å². The molecule has 0 bridgehead atoms. The van der Waals surface area contributed by atoms with E-state index in [9.17, 15) is 4.79 Å². The van der Waals surface area contributed by atoms with Gasteiger partial charge in [-0.3, -0.25) is 0 Å². The fourth-order valence-electron chi connectivity index (χ4n) is 2.27. The minimum Gasteiger partial charge on any atom is -0.243 e. The van der Waals surface area contributed by atoms with Crippen LogP contribution < -0.4 is 0 Å². The van der Waals surface area contributed by atoms with Gasteiger partial charge in [0, 0.05) is 12.8 Å². The first-order chi connectivity index (χ1) is 10.6. The third-order valence-electron chi connectivity index (χ3n) is 3.36. The zero-order valence-corrected chi connectivity index (χ0v) is 13.6. The molecule has 0 saturated carbocycles. The van der Waals surface area contributed by atoms with Gasteiger partial charge < -0.3 is 0 Å². The highest BCUT2D eigenvalue weighted by molar-refractivity contribution is 5.77. The molecule has 22 heavy (non-hydrogen) atoms. The van der Waals surface area contributed by atoms with Crippen molar-refractivity contribution < 1.29 is 4.79 Å². The summed E-state index contributed by atoms with van der Waals surface area (Å²) in [5, 5.41) is 8.25. The van der Waals surface area contributed by atoms with Gasteiger partial charge in [-0.1, -0.05) is 40.0 Å². The van der Waals surface area contributed by atoms with E-state index in [1.165, 1.54) is 34.9 Å². The van der Waals surface area contributed by atoms with Crippen LogP contribution in [0.4, 0.5) is 4.79 Å². The minimum atomic E-state index is -0.328. The molecule has 0 aromatic carbocycles. The number of carbonyl (C=O) groups excluding carboxylic acids is 1. The van der Waals surface area contributed by atoms with Crippen LogP contribution in [-0.4, -0.2) is 35.6 Å². The summed E-state index contributed by atoms with van der Waals surface area (Å²) < 4.78 is 2.56. The van der Waals surface area contributed by atoms with Crippen LogP contribution in [0.25, 0.3) is 0 Å². The van der Waals surface area contributed by atoms with E-state index in [-0.39, 0.29) is 6.03 Å². The quantitative estimate of drug-likeness (QED) is 0.735. The van der Waals surface area contributed by atoms with E-state index < -0.39 is 0 Å². The summed E-state index contributed by atoms with van der Waals surface area (Å²) in [6.07, 6.45) is 8.77. The first-order valence-electron chi connectivity index (χ1n) is 7.96. The third-order valence-corrected chi connectivity index (χ3v) is 3.36. The van der Waals surface area contributed by atoms with Crippen LogP contribution >= 0.6 is 0 Å². The number of aromatic nitrogens is 6. The van der Waals surface area contributed by atoms with Crippen molar-refractivity contribution in [1.29, 1.82) is 0 Å². The maximum absolute atomic E-state index is 12.4. The maximum Gasteiger partial charge on any atom is 0.372 e. The van der Waals surface area contributed by atoms with Gasteiger partial charge in [0.1, 0.15) is 18.5 Å². The molecular weight excluding hydrogens is 280 g/mol. The number of carbonyl (C=O) groups is 1. The summed E-state index contributed by atoms with van der Waals surface area (Å²) in [5.74, 6) is 1.88. The van der Waals surface area contributed by atoms with Gasteiger partial charge in [0.2, 0.25) is 0 Å².